The summed E-state index contributed by atoms with van der Waals surface area (Å²) in [4.78, 5) is 0. The summed E-state index contributed by atoms with van der Waals surface area (Å²) in [7, 11) is 0. The quantitative estimate of drug-likeness (QED) is 0.353. The van der Waals surface area contributed by atoms with E-state index in [-0.39, 0.29) is 17.1 Å². The zero-order valence-corrected chi connectivity index (χ0v) is 9.64. The molecule has 0 aliphatic carbocycles. The van der Waals surface area contributed by atoms with Crippen LogP contribution in [0.4, 0.5) is 11.6 Å². The fourth-order valence-corrected chi connectivity index (χ4v) is 1.79. The molecule has 0 saturated carbocycles. The van der Waals surface area contributed by atoms with Gasteiger partial charge >= 0.3 is 5.95 Å². The van der Waals surface area contributed by atoms with Crippen LogP contribution < -0.4 is 15.4 Å². The van der Waals surface area contributed by atoms with Gasteiger partial charge in [-0.1, -0.05) is 4.73 Å². The molecule has 0 unspecified atom stereocenters. The zero-order chi connectivity index (χ0) is 12.6. The molecule has 2 rings (SSSR count). The van der Waals surface area contributed by atoms with E-state index in [0.29, 0.717) is 28.2 Å². The second-order valence-electron chi connectivity index (χ2n) is 3.55. The van der Waals surface area contributed by atoms with Gasteiger partial charge in [0.15, 0.2) is 0 Å². The van der Waals surface area contributed by atoms with E-state index in [1.165, 1.54) is 6.20 Å². The number of aromatic nitrogens is 3. The Morgan fingerprint density at radius 1 is 1.29 bits per heavy atom. The van der Waals surface area contributed by atoms with Crippen molar-refractivity contribution in [1.29, 1.82) is 0 Å². The number of nitrogens with zero attached hydrogens (tertiary/aromatic N) is 3. The topological polar surface area (TPSA) is 101 Å². The van der Waals surface area contributed by atoms with Crippen molar-refractivity contribution in [3.8, 4) is 0 Å². The van der Waals surface area contributed by atoms with Crippen LogP contribution in [0.5, 0.6) is 0 Å². The molecular formula is C9H15N5O3. The summed E-state index contributed by atoms with van der Waals surface area (Å²) in [5, 5.41) is 37.0. The van der Waals surface area contributed by atoms with Gasteiger partial charge in [0.25, 0.3) is 5.65 Å². The van der Waals surface area contributed by atoms with Gasteiger partial charge in [-0.15, -0.1) is 4.73 Å². The molecule has 4 N–H and O–H groups in total. The molecule has 94 valence electrons. The number of imidazole rings is 1. The summed E-state index contributed by atoms with van der Waals surface area (Å²) in [5.41, 5.74) is 0.695. The Labute approximate surface area is 97.2 Å². The Morgan fingerprint density at radius 2 is 1.94 bits per heavy atom. The normalized spacial score (nSPS) is 10.9. The molecule has 8 nitrogen and oxygen atoms in total. The number of anilines is 2. The first-order valence-corrected chi connectivity index (χ1v) is 5.37. The molecule has 0 saturated heterocycles. The van der Waals surface area contributed by atoms with E-state index in [0.717, 1.165) is 4.73 Å². The number of hydrogen-bond donors (Lipinski definition) is 4. The van der Waals surface area contributed by atoms with Crippen LogP contribution in [-0.2, 0) is 0 Å². The highest BCUT2D eigenvalue weighted by Gasteiger charge is 2.26. The molecule has 2 heterocycles. The zero-order valence-electron chi connectivity index (χ0n) is 9.64. The Balaban J connectivity index is 2.69. The molecule has 0 amide bonds. The SMILES string of the molecule is CCNc1cn(O)c2c1n(O)c(NCC)[n+]2[O-]. The van der Waals surface area contributed by atoms with Gasteiger partial charge in [0.05, 0.1) is 0 Å². The van der Waals surface area contributed by atoms with E-state index in [9.17, 15) is 15.6 Å². The van der Waals surface area contributed by atoms with Crippen LogP contribution in [0.25, 0.3) is 11.2 Å². The van der Waals surface area contributed by atoms with Gasteiger partial charge in [0.2, 0.25) is 5.52 Å². The molecule has 0 aliphatic heterocycles. The first-order valence-electron chi connectivity index (χ1n) is 5.37. The largest absolute Gasteiger partial charge is 0.754 e. The number of fused-ring (bicyclic) bond motifs is 1. The third kappa shape index (κ3) is 1.49. The summed E-state index contributed by atoms with van der Waals surface area (Å²) in [6.45, 7) is 4.77. The molecular weight excluding hydrogens is 226 g/mol. The van der Waals surface area contributed by atoms with Crippen LogP contribution in [0.15, 0.2) is 6.20 Å². The van der Waals surface area contributed by atoms with Crippen molar-refractivity contribution in [2.45, 2.75) is 13.8 Å². The maximum atomic E-state index is 11.8. The van der Waals surface area contributed by atoms with E-state index in [2.05, 4.69) is 10.6 Å². The summed E-state index contributed by atoms with van der Waals surface area (Å²) in [5.74, 6) is -0.0277. The molecule has 0 fully saturated rings. The van der Waals surface area contributed by atoms with Crippen LogP contribution in [-0.4, -0.2) is 33.0 Å². The number of nitrogens with one attached hydrogen (secondary N) is 2. The molecule has 2 aromatic rings. The van der Waals surface area contributed by atoms with E-state index >= 15 is 0 Å². The Hall–Kier alpha value is -2.25. The predicted octanol–water partition coefficient (Wildman–Crippen LogP) is 0.414. The summed E-state index contributed by atoms with van der Waals surface area (Å²) < 4.78 is 1.87. The third-order valence-electron chi connectivity index (χ3n) is 2.43. The van der Waals surface area contributed by atoms with E-state index in [4.69, 9.17) is 0 Å². The molecule has 2 aromatic heterocycles. The maximum Gasteiger partial charge on any atom is 0.352 e. The van der Waals surface area contributed by atoms with Crippen molar-refractivity contribution >= 4 is 22.8 Å². The van der Waals surface area contributed by atoms with Crippen molar-refractivity contribution < 1.29 is 15.1 Å². The first kappa shape index (κ1) is 11.2. The van der Waals surface area contributed by atoms with E-state index < -0.39 is 0 Å². The monoisotopic (exact) mass is 241 g/mol. The molecule has 0 aliphatic rings. The minimum atomic E-state index is -0.0283. The van der Waals surface area contributed by atoms with E-state index in [1.54, 1.807) is 6.92 Å². The van der Waals surface area contributed by atoms with Gasteiger partial charge < -0.3 is 20.9 Å². The van der Waals surface area contributed by atoms with Crippen LogP contribution >= 0.6 is 0 Å². The highest BCUT2D eigenvalue weighted by atomic mass is 16.5. The van der Waals surface area contributed by atoms with Crippen LogP contribution in [0.2, 0.25) is 0 Å². The van der Waals surface area contributed by atoms with Gasteiger partial charge in [-0.2, -0.15) is 0 Å². The van der Waals surface area contributed by atoms with Crippen LogP contribution in [0.3, 0.4) is 0 Å². The van der Waals surface area contributed by atoms with Gasteiger partial charge in [-0.05, 0) is 13.8 Å². The molecule has 0 radical (unpaired) electrons. The lowest BCUT2D eigenvalue weighted by Crippen LogP contribution is -2.31. The smallest absolute Gasteiger partial charge is 0.352 e. The summed E-state index contributed by atoms with van der Waals surface area (Å²) in [6, 6.07) is 0. The van der Waals surface area contributed by atoms with Gasteiger partial charge in [0, 0.05) is 13.1 Å². The number of rotatable bonds is 4. The minimum absolute atomic E-state index is 0.0277. The maximum absolute atomic E-state index is 11.8. The fourth-order valence-electron chi connectivity index (χ4n) is 1.79. The lowest BCUT2D eigenvalue weighted by atomic mass is 10.4. The van der Waals surface area contributed by atoms with Gasteiger partial charge in [-0.3, -0.25) is 5.32 Å². The Kier molecular flexibility index (Phi) is 2.62. The number of hydrogen-bond acceptors (Lipinski definition) is 5. The van der Waals surface area contributed by atoms with Crippen molar-refractivity contribution in [2.75, 3.05) is 23.7 Å². The van der Waals surface area contributed by atoms with E-state index in [1.807, 2.05) is 6.92 Å². The average Bonchev–Trinajstić information content (AvgIpc) is 2.72. The van der Waals surface area contributed by atoms with Crippen molar-refractivity contribution in [3.05, 3.63) is 11.4 Å². The van der Waals surface area contributed by atoms with Crippen molar-refractivity contribution in [3.63, 3.8) is 0 Å². The standard InChI is InChI=1S/C9H15N5O3/c1-3-10-6-5-12(15)8-7(6)13(16)9(11-4-2)14(8)17/h5,10-11,15-16H,3-4H2,1-2H3. The second-order valence-corrected chi connectivity index (χ2v) is 3.55. The van der Waals surface area contributed by atoms with Gasteiger partial charge in [-0.25, -0.2) is 4.73 Å². The molecule has 0 bridgehead atoms. The Bertz CT molecular complexity index is 545. The Morgan fingerprint density at radius 3 is 2.53 bits per heavy atom. The fraction of sp³-hybridized carbons (Fsp3) is 0.444. The molecule has 0 spiro atoms. The molecule has 8 heteroatoms. The predicted molar refractivity (Wildman–Crippen MR) is 61.6 cm³/mol. The first-order chi connectivity index (χ1) is 8.11. The molecule has 0 aromatic carbocycles. The highest BCUT2D eigenvalue weighted by molar-refractivity contribution is 5.86. The van der Waals surface area contributed by atoms with Gasteiger partial charge in [0.1, 0.15) is 11.9 Å². The molecule has 0 atom stereocenters. The van der Waals surface area contributed by atoms with Crippen LogP contribution in [0.1, 0.15) is 13.8 Å². The summed E-state index contributed by atoms with van der Waals surface area (Å²) >= 11 is 0. The minimum Gasteiger partial charge on any atom is -0.754 e. The second kappa shape index (κ2) is 3.96. The van der Waals surface area contributed by atoms with Crippen molar-refractivity contribution in [1.82, 2.24) is 9.46 Å². The third-order valence-corrected chi connectivity index (χ3v) is 2.43. The lowest BCUT2D eigenvalue weighted by molar-refractivity contribution is -0.568. The highest BCUT2D eigenvalue weighted by Crippen LogP contribution is 2.25. The summed E-state index contributed by atoms with van der Waals surface area (Å²) in [6.07, 6.45) is 1.34. The molecule has 17 heavy (non-hydrogen) atoms. The van der Waals surface area contributed by atoms with Crippen LogP contribution in [0, 0.1) is 5.21 Å². The lowest BCUT2D eigenvalue weighted by Gasteiger charge is -2.06. The average molecular weight is 241 g/mol. The van der Waals surface area contributed by atoms with Crippen molar-refractivity contribution in [2.24, 2.45) is 0 Å².